The summed E-state index contributed by atoms with van der Waals surface area (Å²) in [5.41, 5.74) is 1.56. The second-order valence-electron chi connectivity index (χ2n) is 5.33. The van der Waals surface area contributed by atoms with E-state index in [1.54, 1.807) is 12.2 Å². The summed E-state index contributed by atoms with van der Waals surface area (Å²) in [6.07, 6.45) is 3.26. The fourth-order valence-electron chi connectivity index (χ4n) is 2.46. The summed E-state index contributed by atoms with van der Waals surface area (Å²) in [6, 6.07) is 18.4. The van der Waals surface area contributed by atoms with Crippen LogP contribution in [0, 0.1) is 0 Å². The summed E-state index contributed by atoms with van der Waals surface area (Å²) in [6.45, 7) is 0. The molecule has 0 saturated carbocycles. The Hall–Kier alpha value is -3.40. The standard InChI is InChI=1S/C20H16O4/c21-17-15(11-13-7-3-1-4-8-13)16(18(22)20(24)19(17)23)12-14-9-5-2-6-10-14/h1-12,21-24H. The van der Waals surface area contributed by atoms with E-state index >= 15 is 0 Å². The molecule has 0 bridgehead atoms. The number of aromatic hydroxyl groups is 4. The first-order valence-electron chi connectivity index (χ1n) is 7.37. The van der Waals surface area contributed by atoms with Crippen LogP contribution in [0.25, 0.3) is 12.2 Å². The molecule has 0 aliphatic carbocycles. The molecule has 3 rings (SSSR count). The largest absolute Gasteiger partial charge is 0.504 e. The maximum atomic E-state index is 10.3. The Morgan fingerprint density at radius 1 is 0.458 bits per heavy atom. The second kappa shape index (κ2) is 6.38. The minimum Gasteiger partial charge on any atom is -0.504 e. The first kappa shape index (κ1) is 15.5. The van der Waals surface area contributed by atoms with Gasteiger partial charge in [0.1, 0.15) is 0 Å². The Bertz CT molecular complexity index is 895. The van der Waals surface area contributed by atoms with Crippen LogP contribution in [0.2, 0.25) is 0 Å². The molecule has 4 nitrogen and oxygen atoms in total. The van der Waals surface area contributed by atoms with Gasteiger partial charge in [-0.05, 0) is 23.3 Å². The summed E-state index contributed by atoms with van der Waals surface area (Å²) in [7, 11) is 0. The third-order valence-corrected chi connectivity index (χ3v) is 3.69. The SMILES string of the molecule is Oc1c(O)c(O)c(=Cc2ccccc2)c(=Cc2ccccc2)c1O. The van der Waals surface area contributed by atoms with Crippen LogP contribution in [0.1, 0.15) is 11.1 Å². The van der Waals surface area contributed by atoms with Gasteiger partial charge in [-0.25, -0.2) is 0 Å². The fraction of sp³-hybridized carbons (Fsp3) is 0. The quantitative estimate of drug-likeness (QED) is 0.431. The van der Waals surface area contributed by atoms with E-state index in [0.29, 0.717) is 0 Å². The van der Waals surface area contributed by atoms with E-state index < -0.39 is 23.0 Å². The van der Waals surface area contributed by atoms with Crippen molar-refractivity contribution in [3.63, 3.8) is 0 Å². The van der Waals surface area contributed by atoms with Crippen LogP contribution in [0.3, 0.4) is 0 Å². The van der Waals surface area contributed by atoms with E-state index in [4.69, 9.17) is 0 Å². The molecule has 0 saturated heterocycles. The number of hydrogen-bond acceptors (Lipinski definition) is 4. The summed E-state index contributed by atoms with van der Waals surface area (Å²) in [4.78, 5) is 0. The van der Waals surface area contributed by atoms with Crippen LogP contribution in [0.5, 0.6) is 23.0 Å². The van der Waals surface area contributed by atoms with E-state index in [2.05, 4.69) is 0 Å². The summed E-state index contributed by atoms with van der Waals surface area (Å²) < 4.78 is 0. The molecule has 0 atom stereocenters. The van der Waals surface area contributed by atoms with Crippen molar-refractivity contribution in [1.29, 1.82) is 0 Å². The lowest BCUT2D eigenvalue weighted by atomic mass is 10.1. The van der Waals surface area contributed by atoms with Crippen molar-refractivity contribution in [2.75, 3.05) is 0 Å². The van der Waals surface area contributed by atoms with Crippen molar-refractivity contribution < 1.29 is 20.4 Å². The van der Waals surface area contributed by atoms with Gasteiger partial charge >= 0.3 is 0 Å². The lowest BCUT2D eigenvalue weighted by Gasteiger charge is -2.07. The van der Waals surface area contributed by atoms with E-state index in [0.717, 1.165) is 11.1 Å². The highest BCUT2D eigenvalue weighted by Gasteiger charge is 2.15. The third kappa shape index (κ3) is 2.90. The molecule has 0 heterocycles. The van der Waals surface area contributed by atoms with Gasteiger partial charge in [0.15, 0.2) is 11.5 Å². The lowest BCUT2D eigenvalue weighted by molar-refractivity contribution is 0.342. The van der Waals surface area contributed by atoms with Gasteiger partial charge < -0.3 is 20.4 Å². The van der Waals surface area contributed by atoms with Crippen LogP contribution in [0.15, 0.2) is 60.7 Å². The van der Waals surface area contributed by atoms with E-state index in [-0.39, 0.29) is 10.4 Å². The number of phenolic OH excluding ortho intramolecular Hbond substituents is 4. The average Bonchev–Trinajstić information content (AvgIpc) is 2.63. The van der Waals surface area contributed by atoms with E-state index in [1.807, 2.05) is 60.7 Å². The Kier molecular flexibility index (Phi) is 4.12. The van der Waals surface area contributed by atoms with Crippen molar-refractivity contribution in [1.82, 2.24) is 0 Å². The van der Waals surface area contributed by atoms with Gasteiger partial charge in [0.2, 0.25) is 11.5 Å². The molecule has 3 aromatic carbocycles. The van der Waals surface area contributed by atoms with Gasteiger partial charge in [0.25, 0.3) is 0 Å². The highest BCUT2D eigenvalue weighted by Crippen LogP contribution is 2.36. The number of phenols is 4. The summed E-state index contributed by atoms with van der Waals surface area (Å²) in [5, 5.41) is 40.6. The third-order valence-electron chi connectivity index (χ3n) is 3.69. The molecule has 0 aliphatic rings. The van der Waals surface area contributed by atoms with Crippen molar-refractivity contribution in [3.05, 3.63) is 82.2 Å². The smallest absolute Gasteiger partial charge is 0.204 e. The van der Waals surface area contributed by atoms with Crippen LogP contribution in [-0.4, -0.2) is 20.4 Å². The van der Waals surface area contributed by atoms with Gasteiger partial charge in [-0.2, -0.15) is 0 Å². The average molecular weight is 320 g/mol. The molecule has 120 valence electrons. The molecule has 0 spiro atoms. The highest BCUT2D eigenvalue weighted by molar-refractivity contribution is 5.66. The molecule has 4 N–H and O–H groups in total. The Morgan fingerprint density at radius 2 is 0.792 bits per heavy atom. The maximum Gasteiger partial charge on any atom is 0.204 e. The molecule has 24 heavy (non-hydrogen) atoms. The summed E-state index contributed by atoms with van der Waals surface area (Å²) in [5.74, 6) is -2.48. The van der Waals surface area contributed by atoms with Gasteiger partial charge in [0.05, 0.1) is 0 Å². The topological polar surface area (TPSA) is 80.9 Å². The van der Waals surface area contributed by atoms with Gasteiger partial charge in [-0.3, -0.25) is 0 Å². The minimum absolute atomic E-state index is 0.220. The molecule has 0 aromatic heterocycles. The molecule has 3 aromatic rings. The number of benzene rings is 3. The zero-order chi connectivity index (χ0) is 17.1. The molecule has 0 radical (unpaired) electrons. The van der Waals surface area contributed by atoms with Crippen molar-refractivity contribution in [3.8, 4) is 23.0 Å². The molecule has 0 aliphatic heterocycles. The molecule has 4 heteroatoms. The van der Waals surface area contributed by atoms with Gasteiger partial charge in [-0.1, -0.05) is 60.7 Å². The normalized spacial score (nSPS) is 12.5. The van der Waals surface area contributed by atoms with E-state index in [9.17, 15) is 20.4 Å². The predicted molar refractivity (Wildman–Crippen MR) is 92.4 cm³/mol. The zero-order valence-electron chi connectivity index (χ0n) is 12.7. The number of rotatable bonds is 2. The Labute approximate surface area is 138 Å². The Balaban J connectivity index is 2.40. The summed E-state index contributed by atoms with van der Waals surface area (Å²) >= 11 is 0. The predicted octanol–water partition coefficient (Wildman–Crippen LogP) is 2.17. The molecule has 0 amide bonds. The van der Waals surface area contributed by atoms with Crippen molar-refractivity contribution >= 4 is 12.2 Å². The zero-order valence-corrected chi connectivity index (χ0v) is 12.7. The molecular formula is C20H16O4. The van der Waals surface area contributed by atoms with E-state index in [1.165, 1.54) is 0 Å². The molecule has 0 fully saturated rings. The van der Waals surface area contributed by atoms with Crippen LogP contribution < -0.4 is 10.4 Å². The van der Waals surface area contributed by atoms with Crippen LogP contribution in [0.4, 0.5) is 0 Å². The maximum absolute atomic E-state index is 10.3. The van der Waals surface area contributed by atoms with Gasteiger partial charge in [-0.15, -0.1) is 0 Å². The fourth-order valence-corrected chi connectivity index (χ4v) is 2.46. The molecular weight excluding hydrogens is 304 g/mol. The Morgan fingerprint density at radius 3 is 1.12 bits per heavy atom. The minimum atomic E-state index is -0.750. The number of hydrogen-bond donors (Lipinski definition) is 4. The van der Waals surface area contributed by atoms with Crippen LogP contribution >= 0.6 is 0 Å². The first-order chi connectivity index (χ1) is 11.6. The van der Waals surface area contributed by atoms with Crippen molar-refractivity contribution in [2.24, 2.45) is 0 Å². The highest BCUT2D eigenvalue weighted by atomic mass is 16.3. The monoisotopic (exact) mass is 320 g/mol. The van der Waals surface area contributed by atoms with Gasteiger partial charge in [0, 0.05) is 10.4 Å². The van der Waals surface area contributed by atoms with Crippen molar-refractivity contribution in [2.45, 2.75) is 0 Å². The lowest BCUT2D eigenvalue weighted by Crippen LogP contribution is -2.25. The molecule has 0 unspecified atom stereocenters. The van der Waals surface area contributed by atoms with Crippen LogP contribution in [-0.2, 0) is 0 Å². The first-order valence-corrected chi connectivity index (χ1v) is 7.37. The second-order valence-corrected chi connectivity index (χ2v) is 5.33.